The number of hydrogen-bond acceptors (Lipinski definition) is 1. The molecule has 1 N–H and O–H groups in total. The molecule has 2 aromatic rings. The van der Waals surface area contributed by atoms with Gasteiger partial charge in [0.1, 0.15) is 0 Å². The first-order valence-corrected chi connectivity index (χ1v) is 7.56. The van der Waals surface area contributed by atoms with Crippen LogP contribution in [0.2, 0.25) is 10.0 Å². The van der Waals surface area contributed by atoms with E-state index < -0.39 is 6.10 Å². The maximum atomic E-state index is 10.4. The molecular weight excluding hydrogens is 291 g/mol. The van der Waals surface area contributed by atoms with Crippen LogP contribution in [0, 0.1) is 0 Å². The van der Waals surface area contributed by atoms with Crippen molar-refractivity contribution in [2.45, 2.75) is 32.3 Å². The van der Waals surface area contributed by atoms with Crippen LogP contribution >= 0.6 is 23.2 Å². The SMILES string of the molecule is CCCc1cccc(C(O)Cc2ccc(Cl)c(Cl)c2)c1. The van der Waals surface area contributed by atoms with Crippen LogP contribution in [0.15, 0.2) is 42.5 Å². The molecule has 1 nitrogen and oxygen atoms in total. The highest BCUT2D eigenvalue weighted by Gasteiger charge is 2.10. The summed E-state index contributed by atoms with van der Waals surface area (Å²) in [5.74, 6) is 0. The third-order valence-corrected chi connectivity index (χ3v) is 4.03. The average molecular weight is 309 g/mol. The van der Waals surface area contributed by atoms with Crippen molar-refractivity contribution in [2.75, 3.05) is 0 Å². The molecule has 0 radical (unpaired) electrons. The Bertz CT molecular complexity index is 581. The van der Waals surface area contributed by atoms with Crippen molar-refractivity contribution in [1.82, 2.24) is 0 Å². The number of aliphatic hydroxyl groups is 1. The molecule has 0 aliphatic carbocycles. The Morgan fingerprint density at radius 2 is 1.80 bits per heavy atom. The third-order valence-electron chi connectivity index (χ3n) is 3.29. The van der Waals surface area contributed by atoms with Crippen LogP contribution < -0.4 is 0 Å². The maximum absolute atomic E-state index is 10.4. The van der Waals surface area contributed by atoms with E-state index in [1.807, 2.05) is 24.3 Å². The van der Waals surface area contributed by atoms with Crippen LogP contribution in [-0.4, -0.2) is 5.11 Å². The summed E-state index contributed by atoms with van der Waals surface area (Å²) in [5.41, 5.74) is 3.19. The Hall–Kier alpha value is -1.02. The van der Waals surface area contributed by atoms with Gasteiger partial charge in [0, 0.05) is 6.42 Å². The third kappa shape index (κ3) is 3.99. The van der Waals surface area contributed by atoms with Gasteiger partial charge in [0.05, 0.1) is 16.1 Å². The lowest BCUT2D eigenvalue weighted by Crippen LogP contribution is -2.02. The molecule has 1 unspecified atom stereocenters. The number of hydrogen-bond donors (Lipinski definition) is 1. The molecule has 0 saturated carbocycles. The van der Waals surface area contributed by atoms with Gasteiger partial charge in [-0.25, -0.2) is 0 Å². The average Bonchev–Trinajstić information content (AvgIpc) is 2.43. The number of benzene rings is 2. The predicted octanol–water partition coefficient (Wildman–Crippen LogP) is 5.22. The second kappa shape index (κ2) is 7.12. The van der Waals surface area contributed by atoms with Crippen molar-refractivity contribution in [1.29, 1.82) is 0 Å². The van der Waals surface area contributed by atoms with Crippen LogP contribution in [0.25, 0.3) is 0 Å². The van der Waals surface area contributed by atoms with Crippen molar-refractivity contribution in [3.05, 3.63) is 69.2 Å². The first kappa shape index (κ1) is 15.4. The molecule has 0 heterocycles. The van der Waals surface area contributed by atoms with Gasteiger partial charge < -0.3 is 5.11 Å². The minimum Gasteiger partial charge on any atom is -0.388 e. The molecular formula is C17H18Cl2O. The lowest BCUT2D eigenvalue weighted by molar-refractivity contribution is 0.178. The standard InChI is InChI=1S/C17H18Cl2O/c1-2-4-12-5-3-6-14(9-12)17(20)11-13-7-8-15(18)16(19)10-13/h3,5-10,17,20H,2,4,11H2,1H3. The highest BCUT2D eigenvalue weighted by molar-refractivity contribution is 6.42. The van der Waals surface area contributed by atoms with E-state index in [4.69, 9.17) is 23.2 Å². The van der Waals surface area contributed by atoms with E-state index in [1.165, 1.54) is 5.56 Å². The van der Waals surface area contributed by atoms with E-state index in [2.05, 4.69) is 19.1 Å². The van der Waals surface area contributed by atoms with Gasteiger partial charge in [0.2, 0.25) is 0 Å². The zero-order valence-electron chi connectivity index (χ0n) is 11.4. The molecule has 0 aromatic heterocycles. The molecule has 0 spiro atoms. The van der Waals surface area contributed by atoms with Gasteiger partial charge in [-0.15, -0.1) is 0 Å². The van der Waals surface area contributed by atoms with Gasteiger partial charge in [0.25, 0.3) is 0 Å². The van der Waals surface area contributed by atoms with E-state index in [-0.39, 0.29) is 0 Å². The largest absolute Gasteiger partial charge is 0.388 e. The molecule has 0 aliphatic heterocycles. The van der Waals surface area contributed by atoms with Gasteiger partial charge in [-0.3, -0.25) is 0 Å². The molecule has 20 heavy (non-hydrogen) atoms. The lowest BCUT2D eigenvalue weighted by atomic mass is 9.98. The van der Waals surface area contributed by atoms with Gasteiger partial charge in [-0.05, 0) is 35.2 Å². The molecule has 0 bridgehead atoms. The summed E-state index contributed by atoms with van der Waals surface area (Å²) < 4.78 is 0. The lowest BCUT2D eigenvalue weighted by Gasteiger charge is -2.13. The zero-order chi connectivity index (χ0) is 14.5. The van der Waals surface area contributed by atoms with E-state index in [0.29, 0.717) is 16.5 Å². The first-order chi connectivity index (χ1) is 9.60. The molecule has 0 saturated heterocycles. The summed E-state index contributed by atoms with van der Waals surface area (Å²) in [5, 5.41) is 11.4. The van der Waals surface area contributed by atoms with E-state index in [1.54, 1.807) is 6.07 Å². The van der Waals surface area contributed by atoms with E-state index in [0.717, 1.165) is 24.0 Å². The van der Waals surface area contributed by atoms with Gasteiger partial charge >= 0.3 is 0 Å². The highest BCUT2D eigenvalue weighted by atomic mass is 35.5. The van der Waals surface area contributed by atoms with Gasteiger partial charge in [0.15, 0.2) is 0 Å². The fraction of sp³-hybridized carbons (Fsp3) is 0.294. The van der Waals surface area contributed by atoms with Crippen molar-refractivity contribution in [3.63, 3.8) is 0 Å². The molecule has 3 heteroatoms. The van der Waals surface area contributed by atoms with Crippen LogP contribution in [0.4, 0.5) is 0 Å². The van der Waals surface area contributed by atoms with Crippen LogP contribution in [-0.2, 0) is 12.8 Å². The van der Waals surface area contributed by atoms with Crippen LogP contribution in [0.5, 0.6) is 0 Å². The summed E-state index contributed by atoms with van der Waals surface area (Å²) in [7, 11) is 0. The second-order valence-electron chi connectivity index (χ2n) is 4.96. The van der Waals surface area contributed by atoms with Crippen molar-refractivity contribution < 1.29 is 5.11 Å². The first-order valence-electron chi connectivity index (χ1n) is 6.81. The maximum Gasteiger partial charge on any atom is 0.0830 e. The molecule has 0 aliphatic rings. The Morgan fingerprint density at radius 3 is 2.50 bits per heavy atom. The Balaban J connectivity index is 2.12. The van der Waals surface area contributed by atoms with Crippen molar-refractivity contribution in [3.8, 4) is 0 Å². The Kier molecular flexibility index (Phi) is 5.47. The highest BCUT2D eigenvalue weighted by Crippen LogP contribution is 2.26. The molecule has 0 amide bonds. The van der Waals surface area contributed by atoms with Gasteiger partial charge in [-0.1, -0.05) is 66.9 Å². The topological polar surface area (TPSA) is 20.2 Å². The zero-order valence-corrected chi connectivity index (χ0v) is 13.0. The van der Waals surface area contributed by atoms with E-state index in [9.17, 15) is 5.11 Å². The number of rotatable bonds is 5. The minimum atomic E-state index is -0.524. The summed E-state index contributed by atoms with van der Waals surface area (Å²) >= 11 is 11.9. The normalized spacial score (nSPS) is 12.4. The molecule has 1 atom stereocenters. The summed E-state index contributed by atoms with van der Waals surface area (Å²) in [4.78, 5) is 0. The summed E-state index contributed by atoms with van der Waals surface area (Å²) in [6, 6.07) is 13.6. The fourth-order valence-electron chi connectivity index (χ4n) is 2.25. The quantitative estimate of drug-likeness (QED) is 0.802. The fourth-order valence-corrected chi connectivity index (χ4v) is 2.57. The molecule has 2 aromatic carbocycles. The number of aliphatic hydroxyl groups excluding tert-OH is 1. The molecule has 0 fully saturated rings. The molecule has 2 rings (SSSR count). The minimum absolute atomic E-state index is 0.524. The second-order valence-corrected chi connectivity index (χ2v) is 5.78. The van der Waals surface area contributed by atoms with E-state index >= 15 is 0 Å². The predicted molar refractivity (Wildman–Crippen MR) is 85.6 cm³/mol. The smallest absolute Gasteiger partial charge is 0.0830 e. The Morgan fingerprint density at radius 1 is 1.00 bits per heavy atom. The Labute approximate surface area is 130 Å². The van der Waals surface area contributed by atoms with Crippen LogP contribution in [0.3, 0.4) is 0 Å². The molecule has 106 valence electrons. The van der Waals surface area contributed by atoms with Gasteiger partial charge in [-0.2, -0.15) is 0 Å². The summed E-state index contributed by atoms with van der Waals surface area (Å²) in [6.45, 7) is 2.15. The summed E-state index contributed by atoms with van der Waals surface area (Å²) in [6.07, 6.45) is 2.15. The van der Waals surface area contributed by atoms with Crippen molar-refractivity contribution >= 4 is 23.2 Å². The van der Waals surface area contributed by atoms with Crippen molar-refractivity contribution in [2.24, 2.45) is 0 Å². The monoisotopic (exact) mass is 308 g/mol. The van der Waals surface area contributed by atoms with Crippen LogP contribution in [0.1, 0.15) is 36.1 Å². The number of halogens is 2. The number of aryl methyl sites for hydroxylation is 1.